The Morgan fingerprint density at radius 3 is 2.33 bits per heavy atom. The summed E-state index contributed by atoms with van der Waals surface area (Å²) in [4.78, 5) is 32.0. The Balaban J connectivity index is 1.65. The van der Waals surface area contributed by atoms with Gasteiger partial charge in [-0.25, -0.2) is 23.0 Å². The van der Waals surface area contributed by atoms with E-state index >= 15 is 0 Å². The first kappa shape index (κ1) is 30.4. The lowest BCUT2D eigenvalue weighted by Crippen LogP contribution is -2.20. The van der Waals surface area contributed by atoms with E-state index in [1.54, 1.807) is 24.3 Å². The van der Waals surface area contributed by atoms with Gasteiger partial charge in [0, 0.05) is 0 Å². The molecule has 0 aliphatic heterocycles. The first-order valence-corrected chi connectivity index (χ1v) is 13.9. The summed E-state index contributed by atoms with van der Waals surface area (Å²) in [6.45, 7) is 5.66. The van der Waals surface area contributed by atoms with E-state index in [1.807, 2.05) is 20.8 Å². The number of aromatic nitrogens is 2. The van der Waals surface area contributed by atoms with E-state index in [-0.39, 0.29) is 58.3 Å². The number of methoxy groups -OCH3 is 1. The molecule has 3 aromatic rings. The van der Waals surface area contributed by atoms with Gasteiger partial charge < -0.3 is 18.9 Å². The van der Waals surface area contributed by atoms with Gasteiger partial charge in [-0.15, -0.1) is 0 Å². The summed E-state index contributed by atoms with van der Waals surface area (Å²) in [5.41, 5.74) is 1.19. The predicted octanol–water partition coefficient (Wildman–Crippen LogP) is 4.56. The number of carbonyl (C=O) groups excluding carboxylic acids is 2. The lowest BCUT2D eigenvalue weighted by atomic mass is 9.87. The Labute approximate surface area is 237 Å². The van der Waals surface area contributed by atoms with Gasteiger partial charge >= 0.3 is 12.1 Å². The number of ether oxygens (including phenoxy) is 4. The van der Waals surface area contributed by atoms with Crippen LogP contribution in [0.2, 0.25) is 0 Å². The van der Waals surface area contributed by atoms with E-state index in [1.165, 1.54) is 31.4 Å². The third-order valence-electron chi connectivity index (χ3n) is 5.36. The van der Waals surface area contributed by atoms with E-state index < -0.39 is 22.1 Å². The second kappa shape index (κ2) is 13.3. The van der Waals surface area contributed by atoms with Crippen LogP contribution >= 0.6 is 11.6 Å². The van der Waals surface area contributed by atoms with E-state index in [2.05, 4.69) is 20.0 Å². The molecular formula is C26H29ClN4O8S. The zero-order valence-corrected chi connectivity index (χ0v) is 23.8. The number of anilines is 2. The molecule has 0 radical (unpaired) electrons. The number of rotatable bonds is 11. The number of para-hydroxylation sites is 1. The van der Waals surface area contributed by atoms with Gasteiger partial charge in [0.15, 0.2) is 11.9 Å². The molecule has 214 valence electrons. The van der Waals surface area contributed by atoms with Gasteiger partial charge in [-0.3, -0.25) is 10.0 Å². The van der Waals surface area contributed by atoms with Gasteiger partial charge in [0.2, 0.25) is 5.75 Å². The van der Waals surface area contributed by atoms with Crippen LogP contribution in [0.15, 0.2) is 59.8 Å². The number of carbonyl (C=O) groups is 2. The minimum absolute atomic E-state index is 0.0200. The number of nitrogens with zero attached hydrogens (tertiary/aromatic N) is 2. The number of sulfonamides is 1. The average Bonchev–Trinajstić information content (AvgIpc) is 2.92. The largest absolute Gasteiger partial charge is 0.471 e. The minimum atomic E-state index is -4.04. The topological polar surface area (TPSA) is 155 Å². The van der Waals surface area contributed by atoms with Crippen LogP contribution in [0.25, 0.3) is 0 Å². The number of alkyl halides is 1. The van der Waals surface area contributed by atoms with Crippen molar-refractivity contribution in [1.82, 2.24) is 9.97 Å². The monoisotopic (exact) mass is 592 g/mol. The van der Waals surface area contributed by atoms with Crippen molar-refractivity contribution in [2.24, 2.45) is 0 Å². The molecule has 12 nitrogen and oxygen atoms in total. The molecule has 1 heterocycles. The van der Waals surface area contributed by atoms with Crippen LogP contribution < -0.4 is 19.5 Å². The van der Waals surface area contributed by atoms with Crippen molar-refractivity contribution in [2.75, 3.05) is 36.4 Å². The Hall–Kier alpha value is -4.10. The van der Waals surface area contributed by atoms with Crippen molar-refractivity contribution in [3.8, 4) is 11.6 Å². The maximum absolute atomic E-state index is 13.0. The maximum Gasteiger partial charge on any atom is 0.411 e. The summed E-state index contributed by atoms with van der Waals surface area (Å²) in [6.07, 6.45) is 0.236. The summed E-state index contributed by atoms with van der Waals surface area (Å²) < 4.78 is 49.0. The van der Waals surface area contributed by atoms with Crippen LogP contribution in [0.5, 0.6) is 11.6 Å². The second-order valence-corrected chi connectivity index (χ2v) is 11.0. The summed E-state index contributed by atoms with van der Waals surface area (Å²) >= 11 is 5.73. The fourth-order valence-corrected chi connectivity index (χ4v) is 4.46. The van der Waals surface area contributed by atoms with E-state index in [0.717, 1.165) is 11.9 Å². The summed E-state index contributed by atoms with van der Waals surface area (Å²) in [5, 5.41) is 2.46. The van der Waals surface area contributed by atoms with Crippen LogP contribution in [0.1, 0.15) is 36.7 Å². The zero-order chi connectivity index (χ0) is 29.3. The number of esters is 1. The molecule has 0 fully saturated rings. The van der Waals surface area contributed by atoms with Crippen molar-refractivity contribution in [2.45, 2.75) is 31.1 Å². The lowest BCUT2D eigenvalue weighted by Gasteiger charge is -2.19. The van der Waals surface area contributed by atoms with Gasteiger partial charge in [0.05, 0.1) is 23.3 Å². The lowest BCUT2D eigenvalue weighted by molar-refractivity contribution is 0.0602. The van der Waals surface area contributed by atoms with Crippen LogP contribution in [0.3, 0.4) is 0 Å². The molecule has 40 heavy (non-hydrogen) atoms. The average molecular weight is 593 g/mol. The standard InChI is InChI=1S/C26H29ClN4O8S/c1-26(2,3)17-9-11-18(12-10-17)40(34,35)31-22-21(39-15-27)23(29-16-28-22)37-13-14-38-25(33)30-20-8-6-5-7-19(20)24(32)36-4/h5-12,16H,13-15H2,1-4H3,(H,30,33)(H,28,29,31). The van der Waals surface area contributed by atoms with Crippen molar-refractivity contribution >= 4 is 45.2 Å². The van der Waals surface area contributed by atoms with Crippen LogP contribution in [0.4, 0.5) is 16.3 Å². The maximum atomic E-state index is 13.0. The van der Waals surface area contributed by atoms with Gasteiger partial charge in [-0.05, 0) is 35.2 Å². The molecule has 0 aliphatic carbocycles. The first-order chi connectivity index (χ1) is 19.0. The molecule has 0 spiro atoms. The van der Waals surface area contributed by atoms with Gasteiger partial charge in [0.1, 0.15) is 19.5 Å². The SMILES string of the molecule is COC(=O)c1ccccc1NC(=O)OCCOc1ncnc(NS(=O)(=O)c2ccc(C(C)(C)C)cc2)c1OCCl. The molecule has 1 amide bonds. The molecule has 3 rings (SSSR count). The molecule has 1 aromatic heterocycles. The highest BCUT2D eigenvalue weighted by Crippen LogP contribution is 2.33. The van der Waals surface area contributed by atoms with E-state index in [4.69, 9.17) is 30.5 Å². The second-order valence-electron chi connectivity index (χ2n) is 9.14. The molecular weight excluding hydrogens is 564 g/mol. The molecule has 0 bridgehead atoms. The van der Waals surface area contributed by atoms with Crippen LogP contribution in [0, 0.1) is 0 Å². The van der Waals surface area contributed by atoms with Crippen molar-refractivity contribution in [1.29, 1.82) is 0 Å². The third kappa shape index (κ3) is 7.96. The van der Waals surface area contributed by atoms with Crippen LogP contribution in [-0.4, -0.2) is 56.8 Å². The first-order valence-electron chi connectivity index (χ1n) is 11.9. The van der Waals surface area contributed by atoms with Crippen molar-refractivity contribution < 1.29 is 37.0 Å². The number of hydrogen-bond donors (Lipinski definition) is 2. The Kier molecular flexibility index (Phi) is 10.1. The van der Waals surface area contributed by atoms with Crippen molar-refractivity contribution in [3.63, 3.8) is 0 Å². The predicted molar refractivity (Wildman–Crippen MR) is 148 cm³/mol. The summed E-state index contributed by atoms with van der Waals surface area (Å²) in [7, 11) is -2.81. The Morgan fingerprint density at radius 1 is 0.975 bits per heavy atom. The number of nitrogens with one attached hydrogen (secondary N) is 2. The zero-order valence-electron chi connectivity index (χ0n) is 22.3. The molecule has 0 saturated carbocycles. The number of halogens is 1. The molecule has 14 heteroatoms. The molecule has 0 saturated heterocycles. The smallest absolute Gasteiger partial charge is 0.411 e. The van der Waals surface area contributed by atoms with E-state index in [0.29, 0.717) is 0 Å². The molecule has 0 aliphatic rings. The van der Waals surface area contributed by atoms with Crippen molar-refractivity contribution in [3.05, 3.63) is 66.0 Å². The molecule has 0 unspecified atom stereocenters. The molecule has 2 aromatic carbocycles. The highest BCUT2D eigenvalue weighted by atomic mass is 35.5. The quantitative estimate of drug-likeness (QED) is 0.184. The number of amides is 1. The normalized spacial score (nSPS) is 11.3. The summed E-state index contributed by atoms with van der Waals surface area (Å²) in [6, 6.07) is 12.4. The molecule has 2 N–H and O–H groups in total. The highest BCUT2D eigenvalue weighted by molar-refractivity contribution is 7.92. The van der Waals surface area contributed by atoms with Crippen LogP contribution in [-0.2, 0) is 24.9 Å². The number of hydrogen-bond acceptors (Lipinski definition) is 10. The summed E-state index contributed by atoms with van der Waals surface area (Å²) in [5.74, 6) is -1.09. The van der Waals surface area contributed by atoms with E-state index in [9.17, 15) is 18.0 Å². The van der Waals surface area contributed by atoms with Gasteiger partial charge in [-0.1, -0.05) is 56.6 Å². The fourth-order valence-electron chi connectivity index (χ4n) is 3.34. The fraction of sp³-hybridized carbons (Fsp3) is 0.308. The third-order valence-corrected chi connectivity index (χ3v) is 6.82. The van der Waals surface area contributed by atoms with Gasteiger partial charge in [0.25, 0.3) is 15.9 Å². The molecule has 0 atom stereocenters. The Bertz CT molecular complexity index is 1440. The Morgan fingerprint density at radius 2 is 1.68 bits per heavy atom. The minimum Gasteiger partial charge on any atom is -0.471 e. The highest BCUT2D eigenvalue weighted by Gasteiger charge is 2.23. The van der Waals surface area contributed by atoms with Gasteiger partial charge in [-0.2, -0.15) is 4.98 Å². The number of benzene rings is 2.